The summed E-state index contributed by atoms with van der Waals surface area (Å²) in [7, 11) is 0. The molecule has 1 heterocycles. The van der Waals surface area contributed by atoms with Gasteiger partial charge in [-0.15, -0.1) is 0 Å². The number of hydrogen-bond acceptors (Lipinski definition) is 2. The lowest BCUT2D eigenvalue weighted by atomic mass is 9.87. The summed E-state index contributed by atoms with van der Waals surface area (Å²) in [5.74, 6) is 0.984. The fraction of sp³-hybridized carbons (Fsp3) is 1.00. The van der Waals surface area contributed by atoms with Gasteiger partial charge in [0, 0.05) is 6.04 Å². The molecule has 0 aromatic heterocycles. The van der Waals surface area contributed by atoms with Crippen molar-refractivity contribution in [2.45, 2.75) is 78.7 Å². The Morgan fingerprint density at radius 1 is 1.21 bits per heavy atom. The van der Waals surface area contributed by atoms with Crippen LogP contribution in [0.2, 0.25) is 0 Å². The first-order chi connectivity index (χ1) is 8.90. The second-order valence-corrected chi connectivity index (χ2v) is 7.74. The van der Waals surface area contributed by atoms with E-state index in [2.05, 4.69) is 32.6 Å². The van der Waals surface area contributed by atoms with Gasteiger partial charge in [0.2, 0.25) is 0 Å². The normalized spacial score (nSPS) is 24.2. The van der Waals surface area contributed by atoms with Crippen LogP contribution in [0, 0.1) is 11.3 Å². The minimum absolute atomic E-state index is 0.366. The molecule has 0 amide bonds. The largest absolute Gasteiger partial charge is 0.328 e. The summed E-state index contributed by atoms with van der Waals surface area (Å²) in [6.45, 7) is 13.0. The number of nitrogens with zero attached hydrogens (tertiary/aromatic N) is 1. The summed E-state index contributed by atoms with van der Waals surface area (Å²) in [5.41, 5.74) is 6.63. The van der Waals surface area contributed by atoms with Crippen LogP contribution in [0.4, 0.5) is 0 Å². The Bertz CT molecular complexity index is 232. The summed E-state index contributed by atoms with van der Waals surface area (Å²) in [4.78, 5) is 2.65. The molecule has 1 aliphatic rings. The summed E-state index contributed by atoms with van der Waals surface area (Å²) in [6, 6.07) is 0.370. The number of rotatable bonds is 6. The smallest absolute Gasteiger partial charge is 0.00559 e. The van der Waals surface area contributed by atoms with Crippen LogP contribution in [-0.4, -0.2) is 30.6 Å². The molecule has 2 N–H and O–H groups in total. The van der Waals surface area contributed by atoms with Crippen LogP contribution in [-0.2, 0) is 0 Å². The maximum absolute atomic E-state index is 6.26. The Balaban J connectivity index is 2.22. The van der Waals surface area contributed by atoms with Crippen molar-refractivity contribution in [2.75, 3.05) is 19.6 Å². The molecule has 2 unspecified atom stereocenters. The first-order valence-corrected chi connectivity index (χ1v) is 8.38. The van der Waals surface area contributed by atoms with Crippen molar-refractivity contribution in [1.29, 1.82) is 0 Å². The molecule has 0 spiro atoms. The molecular formula is C17H36N2. The summed E-state index contributed by atoms with van der Waals surface area (Å²) in [6.07, 6.45) is 9.31. The molecule has 1 rings (SSSR count). The highest BCUT2D eigenvalue weighted by atomic mass is 15.1. The average Bonchev–Trinajstić information content (AvgIpc) is 2.50. The van der Waals surface area contributed by atoms with Crippen molar-refractivity contribution >= 4 is 0 Å². The van der Waals surface area contributed by atoms with Gasteiger partial charge in [0.25, 0.3) is 0 Å². The van der Waals surface area contributed by atoms with E-state index in [1.54, 1.807) is 0 Å². The van der Waals surface area contributed by atoms with Gasteiger partial charge in [-0.2, -0.15) is 0 Å². The molecule has 0 aromatic rings. The number of nitrogens with two attached hydrogens (primary N) is 1. The third-order valence-electron chi connectivity index (χ3n) is 4.33. The second-order valence-electron chi connectivity index (χ2n) is 7.74. The van der Waals surface area contributed by atoms with Crippen LogP contribution in [0.1, 0.15) is 72.6 Å². The first-order valence-electron chi connectivity index (χ1n) is 8.38. The number of likely N-dealkylation sites (tertiary alicyclic amines) is 1. The van der Waals surface area contributed by atoms with Gasteiger partial charge in [-0.25, -0.2) is 0 Å². The average molecular weight is 268 g/mol. The molecular weight excluding hydrogens is 232 g/mol. The molecule has 0 aromatic carbocycles. The van der Waals surface area contributed by atoms with E-state index in [1.165, 1.54) is 51.7 Å². The van der Waals surface area contributed by atoms with Gasteiger partial charge < -0.3 is 10.6 Å². The van der Waals surface area contributed by atoms with Crippen LogP contribution in [0.5, 0.6) is 0 Å². The molecule has 0 saturated carbocycles. The van der Waals surface area contributed by atoms with Crippen molar-refractivity contribution in [3.05, 3.63) is 0 Å². The maximum Gasteiger partial charge on any atom is 0.00559 e. The van der Waals surface area contributed by atoms with E-state index in [-0.39, 0.29) is 0 Å². The summed E-state index contributed by atoms with van der Waals surface area (Å²) >= 11 is 0. The van der Waals surface area contributed by atoms with E-state index in [0.29, 0.717) is 11.5 Å². The predicted molar refractivity (Wildman–Crippen MR) is 85.4 cm³/mol. The van der Waals surface area contributed by atoms with Crippen molar-refractivity contribution in [3.63, 3.8) is 0 Å². The highest BCUT2D eigenvalue weighted by molar-refractivity contribution is 4.75. The van der Waals surface area contributed by atoms with E-state index in [1.807, 2.05) is 0 Å². The molecule has 1 fully saturated rings. The van der Waals surface area contributed by atoms with Crippen LogP contribution in [0.3, 0.4) is 0 Å². The van der Waals surface area contributed by atoms with Crippen molar-refractivity contribution in [2.24, 2.45) is 17.1 Å². The summed E-state index contributed by atoms with van der Waals surface area (Å²) < 4.78 is 0. The van der Waals surface area contributed by atoms with Crippen LogP contribution in [0.15, 0.2) is 0 Å². The van der Waals surface area contributed by atoms with Crippen LogP contribution in [0.25, 0.3) is 0 Å². The fourth-order valence-electron chi connectivity index (χ4n) is 3.38. The quantitative estimate of drug-likeness (QED) is 0.787. The molecule has 1 aliphatic heterocycles. The van der Waals surface area contributed by atoms with Gasteiger partial charge in [-0.05, 0) is 63.1 Å². The summed E-state index contributed by atoms with van der Waals surface area (Å²) in [5, 5.41) is 0. The van der Waals surface area contributed by atoms with E-state index < -0.39 is 0 Å². The topological polar surface area (TPSA) is 29.3 Å². The van der Waals surface area contributed by atoms with E-state index in [0.717, 1.165) is 18.8 Å². The van der Waals surface area contributed by atoms with E-state index in [9.17, 15) is 0 Å². The lowest BCUT2D eigenvalue weighted by Crippen LogP contribution is -2.33. The SMILES string of the molecule is CCCC1CCCN(CCC(N)CC(C)(C)C)CC1. The van der Waals surface area contributed by atoms with Gasteiger partial charge >= 0.3 is 0 Å². The first kappa shape index (κ1) is 17.0. The second kappa shape index (κ2) is 8.26. The Morgan fingerprint density at radius 3 is 2.58 bits per heavy atom. The fourth-order valence-corrected chi connectivity index (χ4v) is 3.38. The maximum atomic E-state index is 6.26. The number of hydrogen-bond donors (Lipinski definition) is 1. The van der Waals surface area contributed by atoms with Crippen molar-refractivity contribution in [1.82, 2.24) is 4.90 Å². The highest BCUT2D eigenvalue weighted by Crippen LogP contribution is 2.23. The van der Waals surface area contributed by atoms with E-state index >= 15 is 0 Å². The van der Waals surface area contributed by atoms with Crippen LogP contribution >= 0.6 is 0 Å². The molecule has 1 saturated heterocycles. The molecule has 0 aliphatic carbocycles. The zero-order chi connectivity index (χ0) is 14.3. The third kappa shape index (κ3) is 7.94. The molecule has 19 heavy (non-hydrogen) atoms. The standard InChI is InChI=1S/C17H36N2/c1-5-7-15-8-6-11-19(12-9-15)13-10-16(18)14-17(2,3)4/h15-16H,5-14,18H2,1-4H3. The molecule has 2 nitrogen and oxygen atoms in total. The van der Waals surface area contributed by atoms with Gasteiger partial charge in [-0.1, -0.05) is 40.5 Å². The van der Waals surface area contributed by atoms with Crippen LogP contribution < -0.4 is 5.73 Å². The van der Waals surface area contributed by atoms with Gasteiger partial charge in [-0.3, -0.25) is 0 Å². The Hall–Kier alpha value is -0.0800. The molecule has 0 bridgehead atoms. The minimum atomic E-state index is 0.366. The molecule has 2 heteroatoms. The van der Waals surface area contributed by atoms with E-state index in [4.69, 9.17) is 5.73 Å². The monoisotopic (exact) mass is 268 g/mol. The molecule has 0 radical (unpaired) electrons. The lowest BCUT2D eigenvalue weighted by molar-refractivity contribution is 0.251. The zero-order valence-electron chi connectivity index (χ0n) is 13.8. The predicted octanol–water partition coefficient (Wildman–Crippen LogP) is 4.04. The third-order valence-corrected chi connectivity index (χ3v) is 4.33. The Morgan fingerprint density at radius 2 is 1.95 bits per heavy atom. The van der Waals surface area contributed by atoms with Crippen molar-refractivity contribution in [3.8, 4) is 0 Å². The van der Waals surface area contributed by atoms with Gasteiger partial charge in [0.1, 0.15) is 0 Å². The highest BCUT2D eigenvalue weighted by Gasteiger charge is 2.19. The molecule has 114 valence electrons. The Labute approximate surface area is 121 Å². The van der Waals surface area contributed by atoms with Gasteiger partial charge in [0.15, 0.2) is 0 Å². The lowest BCUT2D eigenvalue weighted by Gasteiger charge is -2.26. The van der Waals surface area contributed by atoms with Crippen molar-refractivity contribution < 1.29 is 0 Å². The Kier molecular flexibility index (Phi) is 7.38. The molecule has 2 atom stereocenters. The van der Waals surface area contributed by atoms with Gasteiger partial charge in [0.05, 0.1) is 0 Å². The minimum Gasteiger partial charge on any atom is -0.328 e. The zero-order valence-corrected chi connectivity index (χ0v) is 13.8.